The van der Waals surface area contributed by atoms with Crippen molar-refractivity contribution in [3.63, 3.8) is 0 Å². The smallest absolute Gasteiger partial charge is 0.191 e. The second-order valence-corrected chi connectivity index (χ2v) is 4.99. The molecule has 7 heteroatoms. The molecule has 2 rings (SSSR count). The second-order valence-electron chi connectivity index (χ2n) is 4.99. The zero-order valence-electron chi connectivity index (χ0n) is 13.8. The van der Waals surface area contributed by atoms with Gasteiger partial charge in [-0.2, -0.15) is 0 Å². The zero-order valence-corrected chi connectivity index (χ0v) is 16.1. The first kappa shape index (κ1) is 20.4. The lowest BCUT2D eigenvalue weighted by Gasteiger charge is -2.18. The van der Waals surface area contributed by atoms with Crippen molar-refractivity contribution in [3.05, 3.63) is 59.8 Å². The molecule has 2 aromatic rings. The van der Waals surface area contributed by atoms with Gasteiger partial charge in [0.1, 0.15) is 11.6 Å². The molecule has 1 atom stereocenters. The highest BCUT2D eigenvalue weighted by Crippen LogP contribution is 2.16. The predicted molar refractivity (Wildman–Crippen MR) is 103 cm³/mol. The van der Waals surface area contributed by atoms with Crippen LogP contribution in [-0.2, 0) is 11.2 Å². The molecule has 132 valence electrons. The van der Waals surface area contributed by atoms with Gasteiger partial charge in [-0.1, -0.05) is 12.1 Å². The molecule has 1 aromatic carbocycles. The molecule has 0 amide bonds. The largest absolute Gasteiger partial charge is 0.469 e. The fraction of sp³-hybridized carbons (Fsp3) is 0.353. The molecule has 0 spiro atoms. The third-order valence-corrected chi connectivity index (χ3v) is 3.45. The summed E-state index contributed by atoms with van der Waals surface area (Å²) in [6.07, 6.45) is 2.26. The van der Waals surface area contributed by atoms with Crippen molar-refractivity contribution in [1.29, 1.82) is 0 Å². The van der Waals surface area contributed by atoms with Crippen LogP contribution >= 0.6 is 24.0 Å². The SMILES string of the molecule is CN=C(NCCc1ccco1)NCC(OC)c1ccc(F)cc1.I. The summed E-state index contributed by atoms with van der Waals surface area (Å²) in [5.74, 6) is 1.35. The van der Waals surface area contributed by atoms with Crippen LogP contribution in [0.5, 0.6) is 0 Å². The predicted octanol–water partition coefficient (Wildman–Crippen LogP) is 3.13. The van der Waals surface area contributed by atoms with Crippen LogP contribution in [0.25, 0.3) is 0 Å². The van der Waals surface area contributed by atoms with Gasteiger partial charge >= 0.3 is 0 Å². The number of guanidine groups is 1. The first-order chi connectivity index (χ1) is 11.2. The summed E-state index contributed by atoms with van der Waals surface area (Å²) in [5, 5.41) is 6.41. The maximum absolute atomic E-state index is 13.0. The third-order valence-electron chi connectivity index (χ3n) is 3.45. The number of hydrogen-bond acceptors (Lipinski definition) is 3. The Morgan fingerprint density at radius 1 is 1.25 bits per heavy atom. The maximum atomic E-state index is 13.0. The molecular formula is C17H23FIN3O2. The van der Waals surface area contributed by atoms with Crippen LogP contribution in [-0.4, -0.2) is 33.2 Å². The molecule has 0 aliphatic carbocycles. The van der Waals surface area contributed by atoms with Crippen molar-refractivity contribution in [3.8, 4) is 0 Å². The van der Waals surface area contributed by atoms with E-state index in [1.54, 1.807) is 32.6 Å². The van der Waals surface area contributed by atoms with Crippen LogP contribution in [0.2, 0.25) is 0 Å². The van der Waals surface area contributed by atoms with E-state index in [1.807, 2.05) is 12.1 Å². The van der Waals surface area contributed by atoms with Crippen LogP contribution in [0.1, 0.15) is 17.4 Å². The van der Waals surface area contributed by atoms with E-state index in [1.165, 1.54) is 12.1 Å². The van der Waals surface area contributed by atoms with Gasteiger partial charge in [0.25, 0.3) is 0 Å². The van der Waals surface area contributed by atoms with Gasteiger partial charge in [-0.3, -0.25) is 4.99 Å². The summed E-state index contributed by atoms with van der Waals surface area (Å²) < 4.78 is 23.7. The first-order valence-corrected chi connectivity index (χ1v) is 7.48. The van der Waals surface area contributed by atoms with E-state index in [2.05, 4.69) is 15.6 Å². The van der Waals surface area contributed by atoms with Crippen molar-refractivity contribution in [1.82, 2.24) is 10.6 Å². The monoisotopic (exact) mass is 447 g/mol. The van der Waals surface area contributed by atoms with Crippen LogP contribution in [0.3, 0.4) is 0 Å². The summed E-state index contributed by atoms with van der Waals surface area (Å²) >= 11 is 0. The highest BCUT2D eigenvalue weighted by molar-refractivity contribution is 14.0. The Labute approximate surface area is 158 Å². The molecule has 0 fully saturated rings. The van der Waals surface area contributed by atoms with E-state index in [4.69, 9.17) is 9.15 Å². The molecule has 1 aromatic heterocycles. The van der Waals surface area contributed by atoms with Gasteiger partial charge in [-0.05, 0) is 29.8 Å². The van der Waals surface area contributed by atoms with Crippen molar-refractivity contribution in [2.75, 3.05) is 27.2 Å². The summed E-state index contributed by atoms with van der Waals surface area (Å²) in [7, 11) is 3.34. The number of aliphatic imine (C=N–C) groups is 1. The van der Waals surface area contributed by atoms with Crippen molar-refractivity contribution >= 4 is 29.9 Å². The number of halogens is 2. The minimum atomic E-state index is -0.257. The average Bonchev–Trinajstić information content (AvgIpc) is 3.08. The van der Waals surface area contributed by atoms with Gasteiger partial charge in [0.2, 0.25) is 0 Å². The van der Waals surface area contributed by atoms with Gasteiger partial charge in [-0.25, -0.2) is 4.39 Å². The van der Waals surface area contributed by atoms with Crippen LogP contribution in [0.15, 0.2) is 52.1 Å². The Bertz CT molecular complexity index is 603. The molecule has 0 aliphatic rings. The van der Waals surface area contributed by atoms with Gasteiger partial charge < -0.3 is 19.8 Å². The highest BCUT2D eigenvalue weighted by atomic mass is 127. The quantitative estimate of drug-likeness (QED) is 0.389. The van der Waals surface area contributed by atoms with Gasteiger partial charge in [-0.15, -0.1) is 24.0 Å². The standard InChI is InChI=1S/C17H22FN3O2.HI/c1-19-17(20-10-9-15-4-3-11-23-15)21-12-16(22-2)13-5-7-14(18)8-6-13;/h3-8,11,16H,9-10,12H2,1-2H3,(H2,19,20,21);1H. The molecular weight excluding hydrogens is 424 g/mol. The molecule has 0 bridgehead atoms. The van der Waals surface area contributed by atoms with Crippen molar-refractivity contribution in [2.45, 2.75) is 12.5 Å². The Morgan fingerprint density at radius 3 is 2.58 bits per heavy atom. The van der Waals surface area contributed by atoms with Gasteiger partial charge in [0, 0.05) is 33.7 Å². The number of hydrogen-bond donors (Lipinski definition) is 2. The maximum Gasteiger partial charge on any atom is 0.191 e. The number of nitrogens with one attached hydrogen (secondary N) is 2. The van der Waals surface area contributed by atoms with Crippen molar-refractivity contribution < 1.29 is 13.5 Å². The number of nitrogens with zero attached hydrogens (tertiary/aromatic N) is 1. The number of benzene rings is 1. The van der Waals surface area contributed by atoms with E-state index < -0.39 is 0 Å². The summed E-state index contributed by atoms with van der Waals surface area (Å²) in [6, 6.07) is 10.1. The molecule has 24 heavy (non-hydrogen) atoms. The normalized spacial score (nSPS) is 12.4. The third kappa shape index (κ3) is 6.48. The van der Waals surface area contributed by atoms with Crippen LogP contribution in [0, 0.1) is 5.82 Å². The molecule has 0 radical (unpaired) electrons. The van der Waals surface area contributed by atoms with Gasteiger partial charge in [0.05, 0.1) is 12.4 Å². The lowest BCUT2D eigenvalue weighted by atomic mass is 10.1. The van der Waals surface area contributed by atoms with E-state index >= 15 is 0 Å². The number of rotatable bonds is 7. The lowest BCUT2D eigenvalue weighted by molar-refractivity contribution is 0.106. The molecule has 0 saturated carbocycles. The minimum absolute atomic E-state index is 0. The Hall–Kier alpha value is -1.61. The summed E-state index contributed by atoms with van der Waals surface area (Å²) in [5.41, 5.74) is 0.910. The Kier molecular flexibility index (Phi) is 9.39. The molecule has 5 nitrogen and oxygen atoms in total. The van der Waals surface area contributed by atoms with E-state index in [0.29, 0.717) is 19.0 Å². The van der Waals surface area contributed by atoms with Gasteiger partial charge in [0.15, 0.2) is 5.96 Å². The van der Waals surface area contributed by atoms with E-state index in [9.17, 15) is 4.39 Å². The fourth-order valence-electron chi connectivity index (χ4n) is 2.18. The zero-order chi connectivity index (χ0) is 16.5. The van der Waals surface area contributed by atoms with E-state index in [-0.39, 0.29) is 35.9 Å². The molecule has 0 saturated heterocycles. The minimum Gasteiger partial charge on any atom is -0.469 e. The van der Waals surface area contributed by atoms with Crippen LogP contribution < -0.4 is 10.6 Å². The molecule has 1 heterocycles. The number of furan rings is 1. The Morgan fingerprint density at radius 2 is 2.00 bits per heavy atom. The van der Waals surface area contributed by atoms with E-state index in [0.717, 1.165) is 17.7 Å². The number of methoxy groups -OCH3 is 1. The molecule has 0 aliphatic heterocycles. The first-order valence-electron chi connectivity index (χ1n) is 7.48. The topological polar surface area (TPSA) is 58.8 Å². The fourth-order valence-corrected chi connectivity index (χ4v) is 2.18. The second kappa shape index (κ2) is 11.0. The Balaban J connectivity index is 0.00000288. The lowest BCUT2D eigenvalue weighted by Crippen LogP contribution is -2.40. The van der Waals surface area contributed by atoms with Crippen molar-refractivity contribution in [2.24, 2.45) is 4.99 Å². The number of ether oxygens (including phenoxy) is 1. The summed E-state index contributed by atoms with van der Waals surface area (Å²) in [4.78, 5) is 4.17. The van der Waals surface area contributed by atoms with Crippen LogP contribution in [0.4, 0.5) is 4.39 Å². The highest BCUT2D eigenvalue weighted by Gasteiger charge is 2.11. The molecule has 1 unspecified atom stereocenters. The molecule has 2 N–H and O–H groups in total. The summed E-state index contributed by atoms with van der Waals surface area (Å²) in [6.45, 7) is 1.24. The average molecular weight is 447 g/mol.